The molecule has 1 saturated heterocycles. The fourth-order valence-electron chi connectivity index (χ4n) is 2.75. The van der Waals surface area contributed by atoms with E-state index in [0.29, 0.717) is 11.6 Å². The second-order valence-corrected chi connectivity index (χ2v) is 5.13. The number of benzene rings is 1. The van der Waals surface area contributed by atoms with Crippen molar-refractivity contribution in [3.8, 4) is 0 Å². The Morgan fingerprint density at radius 1 is 1.47 bits per heavy atom. The smallest absolute Gasteiger partial charge is 0.270 e. The summed E-state index contributed by atoms with van der Waals surface area (Å²) in [6, 6.07) is 9.89. The molecule has 100 valence electrons. The molecule has 4 nitrogen and oxygen atoms in total. The lowest BCUT2D eigenvalue weighted by Crippen LogP contribution is -2.29. The number of methoxy groups -OCH3 is 1. The molecule has 1 aromatic carbocycles. The van der Waals surface area contributed by atoms with Gasteiger partial charge in [-0.2, -0.15) is 0 Å². The maximum atomic E-state index is 12.4. The number of carbonyl (C=O) groups is 1. The van der Waals surface area contributed by atoms with Crippen molar-refractivity contribution in [1.29, 1.82) is 0 Å². The van der Waals surface area contributed by atoms with Gasteiger partial charge in [-0.1, -0.05) is 18.2 Å². The molecule has 1 N–H and O–H groups in total. The zero-order chi connectivity index (χ0) is 13.2. The minimum Gasteiger partial charge on any atom is -0.384 e. The number of ether oxygens (including phenoxy) is 1. The molecule has 1 aromatic heterocycles. The number of nitrogens with one attached hydrogen (secondary N) is 1. The highest BCUT2D eigenvalue weighted by molar-refractivity contribution is 5.98. The van der Waals surface area contributed by atoms with Crippen LogP contribution in [0.25, 0.3) is 10.9 Å². The van der Waals surface area contributed by atoms with Gasteiger partial charge in [-0.25, -0.2) is 0 Å². The molecule has 0 saturated carbocycles. The highest BCUT2D eigenvalue weighted by atomic mass is 16.5. The van der Waals surface area contributed by atoms with Crippen LogP contribution in [0.2, 0.25) is 0 Å². The number of H-pyrrole nitrogens is 1. The van der Waals surface area contributed by atoms with E-state index in [1.807, 2.05) is 35.2 Å². The number of likely N-dealkylation sites (tertiary alicyclic amines) is 1. The summed E-state index contributed by atoms with van der Waals surface area (Å²) in [6.45, 7) is 2.35. The molecule has 1 atom stereocenters. The van der Waals surface area contributed by atoms with Gasteiger partial charge in [0.2, 0.25) is 0 Å². The normalized spacial score (nSPS) is 19.2. The molecule has 0 spiro atoms. The molecule has 4 heteroatoms. The van der Waals surface area contributed by atoms with Gasteiger partial charge in [-0.3, -0.25) is 4.79 Å². The molecule has 2 aromatic rings. The van der Waals surface area contributed by atoms with Gasteiger partial charge in [0, 0.05) is 37.0 Å². The Morgan fingerprint density at radius 2 is 2.32 bits per heavy atom. The predicted molar refractivity (Wildman–Crippen MR) is 74.2 cm³/mol. The van der Waals surface area contributed by atoms with E-state index in [9.17, 15) is 4.79 Å². The number of aromatic amines is 1. The van der Waals surface area contributed by atoms with Gasteiger partial charge in [0.15, 0.2) is 0 Å². The van der Waals surface area contributed by atoms with E-state index in [-0.39, 0.29) is 5.91 Å². The lowest BCUT2D eigenvalue weighted by Gasteiger charge is -2.15. The Labute approximate surface area is 112 Å². The third-order valence-electron chi connectivity index (χ3n) is 3.74. The first-order valence-electron chi connectivity index (χ1n) is 6.64. The van der Waals surface area contributed by atoms with Gasteiger partial charge < -0.3 is 14.6 Å². The lowest BCUT2D eigenvalue weighted by atomic mass is 10.1. The number of hydrogen-bond donors (Lipinski definition) is 1. The van der Waals surface area contributed by atoms with Gasteiger partial charge in [0.25, 0.3) is 5.91 Å². The first-order chi connectivity index (χ1) is 9.28. The monoisotopic (exact) mass is 258 g/mol. The highest BCUT2D eigenvalue weighted by Crippen LogP contribution is 2.21. The van der Waals surface area contributed by atoms with Crippen molar-refractivity contribution in [3.63, 3.8) is 0 Å². The molecule has 0 radical (unpaired) electrons. The largest absolute Gasteiger partial charge is 0.384 e. The molecule has 19 heavy (non-hydrogen) atoms. The standard InChI is InChI=1S/C15H18N2O2/c1-19-10-11-6-7-17(9-11)15(18)14-8-12-4-2-3-5-13(12)16-14/h2-5,8,11,16H,6-7,9-10H2,1H3. The fraction of sp³-hybridized carbons (Fsp3) is 0.400. The van der Waals surface area contributed by atoms with E-state index in [4.69, 9.17) is 4.74 Å². The summed E-state index contributed by atoms with van der Waals surface area (Å²) >= 11 is 0. The van der Waals surface area contributed by atoms with Gasteiger partial charge in [0.1, 0.15) is 5.69 Å². The van der Waals surface area contributed by atoms with Gasteiger partial charge in [0.05, 0.1) is 6.61 Å². The number of carbonyl (C=O) groups excluding carboxylic acids is 1. The van der Waals surface area contributed by atoms with Crippen LogP contribution >= 0.6 is 0 Å². The molecule has 0 aliphatic carbocycles. The average molecular weight is 258 g/mol. The molecule has 3 rings (SSSR count). The van der Waals surface area contributed by atoms with Crippen LogP contribution in [-0.2, 0) is 4.74 Å². The summed E-state index contributed by atoms with van der Waals surface area (Å²) in [5.41, 5.74) is 1.69. The van der Waals surface area contributed by atoms with E-state index in [0.717, 1.165) is 37.0 Å². The summed E-state index contributed by atoms with van der Waals surface area (Å²) in [5.74, 6) is 0.563. The van der Waals surface area contributed by atoms with Crippen molar-refractivity contribution in [3.05, 3.63) is 36.0 Å². The Hall–Kier alpha value is -1.81. The molecular weight excluding hydrogens is 240 g/mol. The molecule has 1 aliphatic rings. The summed E-state index contributed by atoms with van der Waals surface area (Å²) < 4.78 is 5.16. The van der Waals surface area contributed by atoms with Crippen molar-refractivity contribution in [2.75, 3.05) is 26.8 Å². The second kappa shape index (κ2) is 5.05. The van der Waals surface area contributed by atoms with Crippen molar-refractivity contribution < 1.29 is 9.53 Å². The second-order valence-electron chi connectivity index (χ2n) is 5.13. The van der Waals surface area contributed by atoms with E-state index in [2.05, 4.69) is 4.98 Å². The third kappa shape index (κ3) is 2.36. The molecule has 1 unspecified atom stereocenters. The van der Waals surface area contributed by atoms with E-state index < -0.39 is 0 Å². The van der Waals surface area contributed by atoms with Crippen LogP contribution in [0.4, 0.5) is 0 Å². The van der Waals surface area contributed by atoms with Crippen molar-refractivity contribution >= 4 is 16.8 Å². The average Bonchev–Trinajstić information content (AvgIpc) is 3.04. The Balaban J connectivity index is 1.77. The Kier molecular flexibility index (Phi) is 3.25. The van der Waals surface area contributed by atoms with Gasteiger partial charge >= 0.3 is 0 Å². The summed E-state index contributed by atoms with van der Waals surface area (Å²) in [6.07, 6.45) is 1.03. The van der Waals surface area contributed by atoms with Crippen LogP contribution in [0.1, 0.15) is 16.9 Å². The maximum Gasteiger partial charge on any atom is 0.270 e. The zero-order valence-electron chi connectivity index (χ0n) is 11.1. The molecule has 1 aliphatic heterocycles. The molecule has 1 fully saturated rings. The van der Waals surface area contributed by atoms with Gasteiger partial charge in [-0.05, 0) is 18.6 Å². The van der Waals surface area contributed by atoms with Crippen LogP contribution in [0.3, 0.4) is 0 Å². The van der Waals surface area contributed by atoms with Crippen molar-refractivity contribution in [2.45, 2.75) is 6.42 Å². The van der Waals surface area contributed by atoms with E-state index in [1.54, 1.807) is 7.11 Å². The number of fused-ring (bicyclic) bond motifs is 1. The van der Waals surface area contributed by atoms with Gasteiger partial charge in [-0.15, -0.1) is 0 Å². The van der Waals surface area contributed by atoms with Crippen LogP contribution in [0, 0.1) is 5.92 Å². The molecule has 2 heterocycles. The number of rotatable bonds is 3. The highest BCUT2D eigenvalue weighted by Gasteiger charge is 2.27. The Bertz CT molecular complexity index is 558. The topological polar surface area (TPSA) is 45.3 Å². The number of aromatic nitrogens is 1. The fourth-order valence-corrected chi connectivity index (χ4v) is 2.75. The maximum absolute atomic E-state index is 12.4. The first-order valence-corrected chi connectivity index (χ1v) is 6.64. The van der Waals surface area contributed by atoms with E-state index >= 15 is 0 Å². The predicted octanol–water partition coefficient (Wildman–Crippen LogP) is 2.28. The zero-order valence-corrected chi connectivity index (χ0v) is 11.1. The van der Waals surface area contributed by atoms with Crippen molar-refractivity contribution in [2.24, 2.45) is 5.92 Å². The summed E-state index contributed by atoms with van der Waals surface area (Å²) in [7, 11) is 1.71. The minimum absolute atomic E-state index is 0.0924. The van der Waals surface area contributed by atoms with Crippen LogP contribution in [0.5, 0.6) is 0 Å². The van der Waals surface area contributed by atoms with Crippen LogP contribution < -0.4 is 0 Å². The number of hydrogen-bond acceptors (Lipinski definition) is 2. The van der Waals surface area contributed by atoms with Crippen molar-refractivity contribution in [1.82, 2.24) is 9.88 Å². The van der Waals surface area contributed by atoms with E-state index in [1.165, 1.54) is 0 Å². The number of nitrogens with zero attached hydrogens (tertiary/aromatic N) is 1. The number of para-hydroxylation sites is 1. The summed E-state index contributed by atoms with van der Waals surface area (Å²) in [4.78, 5) is 17.5. The number of amides is 1. The minimum atomic E-state index is 0.0924. The first kappa shape index (κ1) is 12.2. The SMILES string of the molecule is COCC1CCN(C(=O)c2cc3ccccc3[nH]2)C1. The molecular formula is C15H18N2O2. The lowest BCUT2D eigenvalue weighted by molar-refractivity contribution is 0.0770. The van der Waals surface area contributed by atoms with Crippen LogP contribution in [-0.4, -0.2) is 42.6 Å². The Morgan fingerprint density at radius 3 is 3.11 bits per heavy atom. The molecule has 0 bridgehead atoms. The quantitative estimate of drug-likeness (QED) is 0.918. The summed E-state index contributed by atoms with van der Waals surface area (Å²) in [5, 5.41) is 1.08. The molecule has 1 amide bonds. The van der Waals surface area contributed by atoms with Crippen LogP contribution in [0.15, 0.2) is 30.3 Å². The third-order valence-corrected chi connectivity index (χ3v) is 3.74.